The highest BCUT2D eigenvalue weighted by Crippen LogP contribution is 2.35. The second-order valence-electron chi connectivity index (χ2n) is 5.02. The number of ether oxygens (including phenoxy) is 1. The van der Waals surface area contributed by atoms with Gasteiger partial charge in [-0.05, 0) is 25.0 Å². The van der Waals surface area contributed by atoms with Crippen molar-refractivity contribution in [1.29, 1.82) is 0 Å². The molecular formula is C16H19N3O. The monoisotopic (exact) mass is 269 g/mol. The van der Waals surface area contributed by atoms with Gasteiger partial charge in [0.2, 0.25) is 0 Å². The van der Waals surface area contributed by atoms with Gasteiger partial charge in [0.05, 0.1) is 0 Å². The van der Waals surface area contributed by atoms with Crippen LogP contribution in [0, 0.1) is 6.92 Å². The number of hydrogen-bond donors (Lipinski definition) is 1. The molecule has 1 aromatic carbocycles. The molecular weight excluding hydrogens is 250 g/mol. The van der Waals surface area contributed by atoms with Crippen molar-refractivity contribution in [3.8, 4) is 5.75 Å². The molecule has 1 unspecified atom stereocenters. The molecule has 2 aromatic rings. The summed E-state index contributed by atoms with van der Waals surface area (Å²) < 4.78 is 5.97. The molecule has 0 fully saturated rings. The molecule has 4 nitrogen and oxygen atoms in total. The topological polar surface area (TPSA) is 47.0 Å². The van der Waals surface area contributed by atoms with E-state index in [1.165, 1.54) is 11.1 Å². The Labute approximate surface area is 119 Å². The molecule has 0 bridgehead atoms. The summed E-state index contributed by atoms with van der Waals surface area (Å²) >= 11 is 0. The van der Waals surface area contributed by atoms with Gasteiger partial charge >= 0.3 is 0 Å². The van der Waals surface area contributed by atoms with Gasteiger partial charge in [0.15, 0.2) is 11.9 Å². The van der Waals surface area contributed by atoms with Crippen LogP contribution in [0.4, 0.5) is 5.82 Å². The van der Waals surface area contributed by atoms with E-state index < -0.39 is 0 Å². The summed E-state index contributed by atoms with van der Waals surface area (Å²) in [5.41, 5.74) is 3.43. The summed E-state index contributed by atoms with van der Waals surface area (Å²) in [6.45, 7) is 4.15. The Balaban J connectivity index is 1.95. The predicted molar refractivity (Wildman–Crippen MR) is 79.2 cm³/mol. The molecule has 1 aromatic heterocycles. The van der Waals surface area contributed by atoms with Gasteiger partial charge in [0.1, 0.15) is 11.6 Å². The number of benzene rings is 1. The maximum absolute atomic E-state index is 5.97. The Kier molecular flexibility index (Phi) is 3.30. The third-order valence-corrected chi connectivity index (χ3v) is 3.76. The Hall–Kier alpha value is -2.10. The fourth-order valence-electron chi connectivity index (χ4n) is 2.72. The van der Waals surface area contributed by atoms with Gasteiger partial charge in [0.25, 0.3) is 0 Å². The van der Waals surface area contributed by atoms with Crippen LogP contribution in [0.25, 0.3) is 0 Å². The molecule has 0 saturated carbocycles. The number of aromatic nitrogens is 2. The molecule has 0 amide bonds. The SMILES string of the molecule is CCc1c(C)nc(C2Cc3ccccc3O2)nc1NC. The number of nitrogens with one attached hydrogen (secondary N) is 1. The Morgan fingerprint density at radius 1 is 1.30 bits per heavy atom. The zero-order chi connectivity index (χ0) is 14.1. The summed E-state index contributed by atoms with van der Waals surface area (Å²) in [5.74, 6) is 2.62. The highest BCUT2D eigenvalue weighted by atomic mass is 16.5. The highest BCUT2D eigenvalue weighted by molar-refractivity contribution is 5.47. The third-order valence-electron chi connectivity index (χ3n) is 3.76. The van der Waals surface area contributed by atoms with E-state index in [4.69, 9.17) is 4.74 Å². The van der Waals surface area contributed by atoms with Crippen LogP contribution in [0.15, 0.2) is 24.3 Å². The second-order valence-corrected chi connectivity index (χ2v) is 5.02. The van der Waals surface area contributed by atoms with Crippen LogP contribution in [-0.4, -0.2) is 17.0 Å². The van der Waals surface area contributed by atoms with Crippen molar-refractivity contribution in [2.75, 3.05) is 12.4 Å². The zero-order valence-electron chi connectivity index (χ0n) is 12.1. The van der Waals surface area contributed by atoms with Crippen molar-refractivity contribution < 1.29 is 4.74 Å². The number of fused-ring (bicyclic) bond motifs is 1. The van der Waals surface area contributed by atoms with Crippen LogP contribution in [0.5, 0.6) is 5.75 Å². The van der Waals surface area contributed by atoms with Crippen LogP contribution >= 0.6 is 0 Å². The first-order valence-corrected chi connectivity index (χ1v) is 7.02. The molecule has 1 atom stereocenters. The van der Waals surface area contributed by atoms with E-state index in [0.29, 0.717) is 0 Å². The van der Waals surface area contributed by atoms with Gasteiger partial charge in [-0.3, -0.25) is 0 Å². The lowest BCUT2D eigenvalue weighted by molar-refractivity contribution is 0.227. The minimum atomic E-state index is -0.0795. The lowest BCUT2D eigenvalue weighted by Gasteiger charge is -2.15. The average molecular weight is 269 g/mol. The van der Waals surface area contributed by atoms with Crippen molar-refractivity contribution in [3.05, 3.63) is 46.9 Å². The second kappa shape index (κ2) is 5.12. The van der Waals surface area contributed by atoms with Crippen molar-refractivity contribution >= 4 is 5.82 Å². The predicted octanol–water partition coefficient (Wildman–Crippen LogP) is 3.07. The molecule has 0 aliphatic carbocycles. The van der Waals surface area contributed by atoms with Crippen LogP contribution in [0.3, 0.4) is 0 Å². The van der Waals surface area contributed by atoms with E-state index in [1.54, 1.807) is 0 Å². The van der Waals surface area contributed by atoms with E-state index in [-0.39, 0.29) is 6.10 Å². The van der Waals surface area contributed by atoms with Gasteiger partial charge in [0, 0.05) is 24.7 Å². The van der Waals surface area contributed by atoms with E-state index in [2.05, 4.69) is 28.3 Å². The Bertz CT molecular complexity index is 615. The Morgan fingerprint density at radius 2 is 2.10 bits per heavy atom. The van der Waals surface area contributed by atoms with Gasteiger partial charge in [-0.2, -0.15) is 0 Å². The molecule has 1 N–H and O–H groups in total. The number of nitrogens with zero attached hydrogens (tertiary/aromatic N) is 2. The fourth-order valence-corrected chi connectivity index (χ4v) is 2.72. The molecule has 3 rings (SSSR count). The van der Waals surface area contributed by atoms with Crippen LogP contribution in [0.1, 0.15) is 35.7 Å². The van der Waals surface area contributed by atoms with Crippen LogP contribution in [-0.2, 0) is 12.8 Å². The smallest absolute Gasteiger partial charge is 0.172 e. The first-order valence-electron chi connectivity index (χ1n) is 7.02. The summed E-state index contributed by atoms with van der Waals surface area (Å²) in [7, 11) is 1.90. The van der Waals surface area contributed by atoms with Gasteiger partial charge < -0.3 is 10.1 Å². The highest BCUT2D eigenvalue weighted by Gasteiger charge is 2.27. The summed E-state index contributed by atoms with van der Waals surface area (Å²) in [4.78, 5) is 9.28. The fraction of sp³-hybridized carbons (Fsp3) is 0.375. The van der Waals surface area contributed by atoms with Crippen LogP contribution < -0.4 is 10.1 Å². The van der Waals surface area contributed by atoms with Crippen molar-refractivity contribution in [2.45, 2.75) is 32.8 Å². The van der Waals surface area contributed by atoms with Crippen molar-refractivity contribution in [3.63, 3.8) is 0 Å². The van der Waals surface area contributed by atoms with Crippen molar-refractivity contribution in [2.24, 2.45) is 0 Å². The largest absolute Gasteiger partial charge is 0.482 e. The molecule has 104 valence electrons. The number of aryl methyl sites for hydroxylation is 1. The van der Waals surface area contributed by atoms with E-state index in [9.17, 15) is 0 Å². The van der Waals surface area contributed by atoms with Gasteiger partial charge in [-0.15, -0.1) is 0 Å². The van der Waals surface area contributed by atoms with Gasteiger partial charge in [-0.25, -0.2) is 9.97 Å². The molecule has 0 radical (unpaired) electrons. The zero-order valence-corrected chi connectivity index (χ0v) is 12.1. The van der Waals surface area contributed by atoms with Crippen LogP contribution in [0.2, 0.25) is 0 Å². The Morgan fingerprint density at radius 3 is 2.80 bits per heavy atom. The summed E-state index contributed by atoms with van der Waals surface area (Å²) in [6.07, 6.45) is 1.68. The molecule has 2 heterocycles. The van der Waals surface area contributed by atoms with Gasteiger partial charge in [-0.1, -0.05) is 25.1 Å². The normalized spacial score (nSPS) is 16.6. The maximum Gasteiger partial charge on any atom is 0.172 e. The first kappa shape index (κ1) is 12.9. The number of para-hydroxylation sites is 1. The standard InChI is InChI=1S/C16H19N3O/c1-4-12-10(2)18-16(19-15(12)17-3)14-9-11-7-5-6-8-13(11)20-14/h5-8,14H,4,9H2,1-3H3,(H,17,18,19). The van der Waals surface area contributed by atoms with E-state index in [0.717, 1.165) is 35.9 Å². The lowest BCUT2D eigenvalue weighted by Crippen LogP contribution is -2.13. The summed E-state index contributed by atoms with van der Waals surface area (Å²) in [5, 5.41) is 3.17. The minimum Gasteiger partial charge on any atom is -0.482 e. The molecule has 1 aliphatic rings. The molecule has 4 heteroatoms. The molecule has 0 spiro atoms. The number of rotatable bonds is 3. The molecule has 20 heavy (non-hydrogen) atoms. The average Bonchev–Trinajstić information content (AvgIpc) is 2.90. The number of hydrogen-bond acceptors (Lipinski definition) is 4. The third kappa shape index (κ3) is 2.11. The lowest BCUT2D eigenvalue weighted by atomic mass is 10.1. The first-order chi connectivity index (χ1) is 9.72. The molecule has 1 aliphatic heterocycles. The molecule has 0 saturated heterocycles. The maximum atomic E-state index is 5.97. The van der Waals surface area contributed by atoms with Crippen molar-refractivity contribution in [1.82, 2.24) is 9.97 Å². The summed E-state index contributed by atoms with van der Waals surface area (Å²) in [6, 6.07) is 8.13. The quantitative estimate of drug-likeness (QED) is 0.930. The van der Waals surface area contributed by atoms with E-state index >= 15 is 0 Å². The minimum absolute atomic E-state index is 0.0795. The number of anilines is 1. The van der Waals surface area contributed by atoms with E-state index in [1.807, 2.05) is 32.2 Å².